The fourth-order valence-electron chi connectivity index (χ4n) is 8.60. The predicted molar refractivity (Wildman–Crippen MR) is 230 cm³/mol. The molecule has 0 bridgehead atoms. The van der Waals surface area contributed by atoms with E-state index in [4.69, 9.17) is 19.7 Å². The number of nitrogens with zero attached hydrogens (tertiary/aromatic N) is 5. The second-order valence-electron chi connectivity index (χ2n) is 14.4. The van der Waals surface area contributed by atoms with Crippen molar-refractivity contribution < 1.29 is 4.74 Å². The van der Waals surface area contributed by atoms with Gasteiger partial charge in [-0.05, 0) is 70.4 Å². The molecule has 6 heteroatoms. The highest BCUT2D eigenvalue weighted by Gasteiger charge is 2.29. The molecule has 1 aliphatic rings. The molecule has 6 nitrogen and oxygen atoms in total. The van der Waals surface area contributed by atoms with Gasteiger partial charge in [-0.2, -0.15) is 0 Å². The van der Waals surface area contributed by atoms with Crippen molar-refractivity contribution in [2.24, 2.45) is 0 Å². The van der Waals surface area contributed by atoms with E-state index < -0.39 is 0 Å². The van der Waals surface area contributed by atoms with Crippen LogP contribution in [0.3, 0.4) is 0 Å². The summed E-state index contributed by atoms with van der Waals surface area (Å²) in [5, 5.41) is 5.81. The summed E-state index contributed by atoms with van der Waals surface area (Å²) in [6.07, 6.45) is 0. The molecule has 4 heterocycles. The Bertz CT molecular complexity index is 3380. The first-order valence-electron chi connectivity index (χ1n) is 19.1. The normalized spacial score (nSPS) is 12.0. The van der Waals surface area contributed by atoms with Crippen LogP contribution in [0, 0.1) is 0 Å². The van der Waals surface area contributed by atoms with Crippen LogP contribution >= 0.6 is 0 Å². The van der Waals surface area contributed by atoms with E-state index in [2.05, 4.69) is 155 Å². The van der Waals surface area contributed by atoms with E-state index in [-0.39, 0.29) is 0 Å². The van der Waals surface area contributed by atoms with Gasteiger partial charge in [0.15, 0.2) is 29.0 Å². The van der Waals surface area contributed by atoms with Crippen molar-refractivity contribution in [3.63, 3.8) is 0 Å². The number of aromatic nitrogens is 5. The minimum Gasteiger partial charge on any atom is -0.453 e. The molecule has 0 amide bonds. The first-order valence-corrected chi connectivity index (χ1v) is 19.1. The zero-order valence-corrected chi connectivity index (χ0v) is 30.5. The number of hydrogen-bond donors (Lipinski definition) is 0. The maximum Gasteiger partial charge on any atom is 0.164 e. The molecule has 0 atom stereocenters. The van der Waals surface area contributed by atoms with E-state index in [0.717, 1.165) is 78.1 Å². The molecule has 0 spiro atoms. The Morgan fingerprint density at radius 2 is 1.04 bits per heavy atom. The summed E-state index contributed by atoms with van der Waals surface area (Å²) in [6.45, 7) is 0. The maximum atomic E-state index is 6.54. The number of fused-ring (bicyclic) bond motifs is 8. The Balaban J connectivity index is 1.11. The van der Waals surface area contributed by atoms with Crippen molar-refractivity contribution in [1.29, 1.82) is 0 Å². The number of ether oxygens (including phenoxy) is 1. The molecule has 12 rings (SSSR count). The zero-order chi connectivity index (χ0) is 37.5. The topological polar surface area (TPSA) is 57.8 Å². The molecule has 0 fully saturated rings. The van der Waals surface area contributed by atoms with Gasteiger partial charge in [0, 0.05) is 38.5 Å². The molecule has 0 unspecified atom stereocenters. The second-order valence-corrected chi connectivity index (χ2v) is 14.4. The largest absolute Gasteiger partial charge is 0.453 e. The Hall–Kier alpha value is -7.83. The lowest BCUT2D eigenvalue weighted by Crippen LogP contribution is -2.06. The minimum absolute atomic E-state index is 0.619. The SMILES string of the molecule is c1ccc(-c2nc(-c3cccc(-c4cccc5c4c4c6cccc7c6n(c4n5-c4ccccc4)-c4ccccc4O7)c3)nc(-c3ccc4ccccc4c3)n2)cc1. The van der Waals surface area contributed by atoms with Crippen molar-refractivity contribution in [3.05, 3.63) is 188 Å². The Labute approximate surface area is 327 Å². The van der Waals surface area contributed by atoms with Crippen LogP contribution < -0.4 is 4.74 Å². The average Bonchev–Trinajstić information content (AvgIpc) is 3.81. The number of para-hydroxylation sites is 4. The fourth-order valence-corrected chi connectivity index (χ4v) is 8.60. The summed E-state index contributed by atoms with van der Waals surface area (Å²) in [7, 11) is 0. The van der Waals surface area contributed by atoms with Crippen molar-refractivity contribution in [1.82, 2.24) is 24.1 Å². The molecule has 57 heavy (non-hydrogen) atoms. The van der Waals surface area contributed by atoms with Crippen molar-refractivity contribution >= 4 is 43.6 Å². The van der Waals surface area contributed by atoms with E-state index >= 15 is 0 Å². The monoisotopic (exact) mass is 729 g/mol. The molecule has 1 aliphatic heterocycles. The number of rotatable bonds is 5. The highest BCUT2D eigenvalue weighted by molar-refractivity contribution is 6.27. The zero-order valence-electron chi connectivity index (χ0n) is 30.5. The molecule has 3 aromatic heterocycles. The standard InChI is InChI=1S/C51H31N5O/c1-3-15-33(16-4-1)48-52-49(54-50(53-48)37-29-28-32-14-7-8-17-34(32)30-37)36-19-11-18-35(31-36)39-22-12-25-42-45(39)46-40-23-13-27-44-47(40)56(41-24-9-10-26-43(41)57-44)51(46)55(42)38-20-5-2-6-21-38/h1-31H. The van der Waals surface area contributed by atoms with Crippen LogP contribution in [0.1, 0.15) is 0 Å². The molecule has 0 saturated heterocycles. The lowest BCUT2D eigenvalue weighted by molar-refractivity contribution is 0.476. The summed E-state index contributed by atoms with van der Waals surface area (Å²) >= 11 is 0. The van der Waals surface area contributed by atoms with Gasteiger partial charge in [0.1, 0.15) is 5.65 Å². The predicted octanol–water partition coefficient (Wildman–Crippen LogP) is 12.8. The summed E-state index contributed by atoms with van der Waals surface area (Å²) in [6, 6.07) is 65.5. The minimum atomic E-state index is 0.619. The van der Waals surface area contributed by atoms with E-state index in [1.807, 2.05) is 42.5 Å². The van der Waals surface area contributed by atoms with E-state index in [0.29, 0.717) is 17.5 Å². The van der Waals surface area contributed by atoms with Gasteiger partial charge in [0.05, 0.1) is 16.7 Å². The molecule has 266 valence electrons. The van der Waals surface area contributed by atoms with E-state index in [9.17, 15) is 0 Å². The lowest BCUT2D eigenvalue weighted by atomic mass is 9.97. The van der Waals surface area contributed by atoms with Gasteiger partial charge in [-0.15, -0.1) is 0 Å². The van der Waals surface area contributed by atoms with Crippen molar-refractivity contribution in [3.8, 4) is 68.2 Å². The van der Waals surface area contributed by atoms with Gasteiger partial charge in [-0.3, -0.25) is 9.13 Å². The Kier molecular flexibility index (Phi) is 6.83. The van der Waals surface area contributed by atoms with Crippen LogP contribution in [-0.4, -0.2) is 24.1 Å². The number of benzene rings is 8. The smallest absolute Gasteiger partial charge is 0.164 e. The molecule has 0 N–H and O–H groups in total. The van der Waals surface area contributed by atoms with Crippen LogP contribution in [0.25, 0.3) is 100 Å². The molecule has 8 aromatic carbocycles. The first kappa shape index (κ1) is 31.5. The third kappa shape index (κ3) is 4.87. The molecule has 0 saturated carbocycles. The van der Waals surface area contributed by atoms with Crippen molar-refractivity contribution in [2.45, 2.75) is 0 Å². The molecule has 11 aromatic rings. The lowest BCUT2D eigenvalue weighted by Gasteiger charge is -2.21. The summed E-state index contributed by atoms with van der Waals surface area (Å²) in [4.78, 5) is 15.3. The third-order valence-corrected chi connectivity index (χ3v) is 11.1. The maximum absolute atomic E-state index is 6.54. The number of hydrogen-bond acceptors (Lipinski definition) is 4. The van der Waals surface area contributed by atoms with Crippen molar-refractivity contribution in [2.75, 3.05) is 0 Å². The molecule has 0 radical (unpaired) electrons. The first-order chi connectivity index (χ1) is 28.3. The Morgan fingerprint density at radius 1 is 0.404 bits per heavy atom. The quantitative estimate of drug-likeness (QED) is 0.177. The van der Waals surface area contributed by atoms with Crippen LogP contribution in [0.15, 0.2) is 188 Å². The van der Waals surface area contributed by atoms with Gasteiger partial charge in [-0.1, -0.05) is 140 Å². The van der Waals surface area contributed by atoms with Crippen LogP contribution in [0.5, 0.6) is 11.5 Å². The van der Waals surface area contributed by atoms with Gasteiger partial charge < -0.3 is 4.74 Å². The van der Waals surface area contributed by atoms with Crippen LogP contribution in [0.2, 0.25) is 0 Å². The van der Waals surface area contributed by atoms with E-state index in [1.165, 1.54) is 16.2 Å². The van der Waals surface area contributed by atoms with Gasteiger partial charge in [-0.25, -0.2) is 15.0 Å². The third-order valence-electron chi connectivity index (χ3n) is 11.1. The highest BCUT2D eigenvalue weighted by Crippen LogP contribution is 2.50. The summed E-state index contributed by atoms with van der Waals surface area (Å²) in [5.74, 6) is 3.57. The fraction of sp³-hybridized carbons (Fsp3) is 0. The van der Waals surface area contributed by atoms with E-state index in [1.54, 1.807) is 0 Å². The van der Waals surface area contributed by atoms with Crippen LogP contribution in [-0.2, 0) is 0 Å². The second kappa shape index (κ2) is 12.3. The highest BCUT2D eigenvalue weighted by atomic mass is 16.5. The average molecular weight is 730 g/mol. The summed E-state index contributed by atoms with van der Waals surface area (Å²) < 4.78 is 11.3. The van der Waals surface area contributed by atoms with Gasteiger partial charge in [0.25, 0.3) is 0 Å². The molecular formula is C51H31N5O. The van der Waals surface area contributed by atoms with Gasteiger partial charge in [0.2, 0.25) is 0 Å². The summed E-state index contributed by atoms with van der Waals surface area (Å²) in [5.41, 5.74) is 10.4. The van der Waals surface area contributed by atoms with Crippen LogP contribution in [0.4, 0.5) is 0 Å². The molecular weight excluding hydrogens is 699 g/mol. The van der Waals surface area contributed by atoms with Gasteiger partial charge >= 0.3 is 0 Å². The molecule has 0 aliphatic carbocycles. The Morgan fingerprint density at radius 3 is 1.88 bits per heavy atom.